The van der Waals surface area contributed by atoms with E-state index in [4.69, 9.17) is 0 Å². The number of amides is 1. The maximum absolute atomic E-state index is 12.2. The molecule has 0 aliphatic carbocycles. The summed E-state index contributed by atoms with van der Waals surface area (Å²) in [6.07, 6.45) is 14.7. The molecule has 0 radical (unpaired) electrons. The highest BCUT2D eigenvalue weighted by molar-refractivity contribution is 5.76. The zero-order valence-corrected chi connectivity index (χ0v) is 13.1. The number of hydrogen-bond donors (Lipinski definition) is 0. The highest BCUT2D eigenvalue weighted by atomic mass is 16.2. The monoisotopic (exact) mass is 267 g/mol. The number of rotatable bonds is 9. The molecule has 0 aromatic rings. The third-order valence-corrected chi connectivity index (χ3v) is 4.41. The molecule has 1 amide bonds. The van der Waals surface area contributed by atoms with Crippen LogP contribution in [0.2, 0.25) is 0 Å². The van der Waals surface area contributed by atoms with Gasteiger partial charge in [-0.1, -0.05) is 52.4 Å². The first-order valence-electron chi connectivity index (χ1n) is 8.59. The Kier molecular flexibility index (Phi) is 8.94. The fourth-order valence-corrected chi connectivity index (χ4v) is 3.13. The van der Waals surface area contributed by atoms with E-state index in [0.717, 1.165) is 25.8 Å². The molecule has 0 unspecified atom stereocenters. The first kappa shape index (κ1) is 16.5. The molecule has 1 heterocycles. The lowest BCUT2D eigenvalue weighted by atomic mass is 9.99. The summed E-state index contributed by atoms with van der Waals surface area (Å²) in [5.41, 5.74) is 0. The van der Waals surface area contributed by atoms with Crippen molar-refractivity contribution in [1.82, 2.24) is 4.90 Å². The van der Waals surface area contributed by atoms with Crippen molar-refractivity contribution in [3.05, 3.63) is 0 Å². The highest BCUT2D eigenvalue weighted by Crippen LogP contribution is 2.21. The van der Waals surface area contributed by atoms with Gasteiger partial charge >= 0.3 is 0 Å². The zero-order chi connectivity index (χ0) is 13.9. The normalized spacial score (nSPS) is 19.7. The van der Waals surface area contributed by atoms with E-state index in [9.17, 15) is 4.79 Å². The van der Waals surface area contributed by atoms with E-state index in [1.54, 1.807) is 0 Å². The second-order valence-electron chi connectivity index (χ2n) is 6.02. The minimum Gasteiger partial charge on any atom is -0.340 e. The Labute approximate surface area is 119 Å². The number of nitrogens with zero attached hydrogens (tertiary/aromatic N) is 1. The van der Waals surface area contributed by atoms with E-state index in [-0.39, 0.29) is 0 Å². The lowest BCUT2D eigenvalue weighted by molar-refractivity contribution is -0.135. The smallest absolute Gasteiger partial charge is 0.222 e. The number of hydrogen-bond acceptors (Lipinski definition) is 1. The van der Waals surface area contributed by atoms with E-state index in [0.29, 0.717) is 11.9 Å². The van der Waals surface area contributed by atoms with Crippen LogP contribution >= 0.6 is 0 Å². The molecule has 1 saturated heterocycles. The van der Waals surface area contributed by atoms with Crippen LogP contribution in [0.25, 0.3) is 0 Å². The number of unbranched alkanes of at least 4 members (excludes halogenated alkanes) is 6. The summed E-state index contributed by atoms with van der Waals surface area (Å²) in [6.45, 7) is 5.47. The Morgan fingerprint density at radius 3 is 2.37 bits per heavy atom. The molecule has 0 aromatic carbocycles. The SMILES string of the molecule is CCCCCCCCCC(=O)N1CCCC[C@H]1CC. The van der Waals surface area contributed by atoms with Crippen LogP contribution in [0.5, 0.6) is 0 Å². The molecular weight excluding hydrogens is 234 g/mol. The molecule has 112 valence electrons. The third kappa shape index (κ3) is 6.44. The Bertz CT molecular complexity index is 239. The molecule has 1 fully saturated rings. The second-order valence-corrected chi connectivity index (χ2v) is 6.02. The number of likely N-dealkylation sites (tertiary alicyclic amines) is 1. The molecule has 0 saturated carbocycles. The van der Waals surface area contributed by atoms with Crippen molar-refractivity contribution in [2.75, 3.05) is 6.54 Å². The van der Waals surface area contributed by atoms with Crippen LogP contribution in [0.3, 0.4) is 0 Å². The van der Waals surface area contributed by atoms with Crippen molar-refractivity contribution in [3.8, 4) is 0 Å². The van der Waals surface area contributed by atoms with Gasteiger partial charge in [-0.05, 0) is 32.1 Å². The van der Waals surface area contributed by atoms with Crippen molar-refractivity contribution in [2.24, 2.45) is 0 Å². The largest absolute Gasteiger partial charge is 0.340 e. The van der Waals surface area contributed by atoms with Crippen LogP contribution in [-0.2, 0) is 4.79 Å². The average molecular weight is 267 g/mol. The zero-order valence-electron chi connectivity index (χ0n) is 13.1. The molecular formula is C17H33NO. The van der Waals surface area contributed by atoms with Gasteiger partial charge in [0.1, 0.15) is 0 Å². The Hall–Kier alpha value is -0.530. The predicted molar refractivity (Wildman–Crippen MR) is 82.3 cm³/mol. The molecule has 1 aliphatic rings. The van der Waals surface area contributed by atoms with Gasteiger partial charge in [-0.3, -0.25) is 4.79 Å². The molecule has 0 spiro atoms. The summed E-state index contributed by atoms with van der Waals surface area (Å²) in [4.78, 5) is 14.4. The molecule has 1 rings (SSSR count). The van der Waals surface area contributed by atoms with E-state index in [2.05, 4.69) is 18.7 Å². The molecule has 19 heavy (non-hydrogen) atoms. The maximum atomic E-state index is 12.2. The van der Waals surface area contributed by atoms with Gasteiger partial charge in [0.2, 0.25) is 5.91 Å². The molecule has 0 bridgehead atoms. The highest BCUT2D eigenvalue weighted by Gasteiger charge is 2.24. The van der Waals surface area contributed by atoms with Crippen molar-refractivity contribution in [2.45, 2.75) is 96.9 Å². The predicted octanol–water partition coefficient (Wildman–Crippen LogP) is 4.92. The van der Waals surface area contributed by atoms with Crippen LogP contribution in [0.1, 0.15) is 90.9 Å². The average Bonchev–Trinajstić information content (AvgIpc) is 2.46. The minimum atomic E-state index is 0.417. The Morgan fingerprint density at radius 2 is 1.68 bits per heavy atom. The second kappa shape index (κ2) is 10.3. The van der Waals surface area contributed by atoms with E-state index in [1.807, 2.05) is 0 Å². The van der Waals surface area contributed by atoms with Crippen LogP contribution < -0.4 is 0 Å². The lowest BCUT2D eigenvalue weighted by Crippen LogP contribution is -2.43. The quantitative estimate of drug-likeness (QED) is 0.543. The first-order valence-corrected chi connectivity index (χ1v) is 8.59. The first-order chi connectivity index (χ1) is 9.29. The molecule has 2 nitrogen and oxygen atoms in total. The summed E-state index contributed by atoms with van der Waals surface area (Å²) in [5, 5.41) is 0. The van der Waals surface area contributed by atoms with Gasteiger partial charge in [0.25, 0.3) is 0 Å². The van der Waals surface area contributed by atoms with Gasteiger partial charge in [0, 0.05) is 19.0 Å². The lowest BCUT2D eigenvalue weighted by Gasteiger charge is -2.35. The summed E-state index contributed by atoms with van der Waals surface area (Å²) < 4.78 is 0. The van der Waals surface area contributed by atoms with Crippen LogP contribution in [-0.4, -0.2) is 23.4 Å². The summed E-state index contributed by atoms with van der Waals surface area (Å²) in [5.74, 6) is 0.417. The van der Waals surface area contributed by atoms with E-state index >= 15 is 0 Å². The van der Waals surface area contributed by atoms with Crippen LogP contribution in [0, 0.1) is 0 Å². The van der Waals surface area contributed by atoms with Gasteiger partial charge in [-0.25, -0.2) is 0 Å². The Balaban J connectivity index is 2.09. The van der Waals surface area contributed by atoms with Gasteiger partial charge < -0.3 is 4.90 Å². The third-order valence-electron chi connectivity index (χ3n) is 4.41. The van der Waals surface area contributed by atoms with Crippen molar-refractivity contribution < 1.29 is 4.79 Å². The van der Waals surface area contributed by atoms with Gasteiger partial charge in [-0.15, -0.1) is 0 Å². The van der Waals surface area contributed by atoms with E-state index in [1.165, 1.54) is 57.8 Å². The van der Waals surface area contributed by atoms with Crippen LogP contribution in [0.4, 0.5) is 0 Å². The van der Waals surface area contributed by atoms with Crippen LogP contribution in [0.15, 0.2) is 0 Å². The van der Waals surface area contributed by atoms with Gasteiger partial charge in [0.15, 0.2) is 0 Å². The van der Waals surface area contributed by atoms with Crippen molar-refractivity contribution >= 4 is 5.91 Å². The molecule has 1 aliphatic heterocycles. The fourth-order valence-electron chi connectivity index (χ4n) is 3.13. The van der Waals surface area contributed by atoms with Crippen molar-refractivity contribution in [3.63, 3.8) is 0 Å². The molecule has 0 aromatic heterocycles. The summed E-state index contributed by atoms with van der Waals surface area (Å²) >= 11 is 0. The van der Waals surface area contributed by atoms with Gasteiger partial charge in [-0.2, -0.15) is 0 Å². The summed E-state index contributed by atoms with van der Waals surface area (Å²) in [7, 11) is 0. The summed E-state index contributed by atoms with van der Waals surface area (Å²) in [6, 6.07) is 0.533. The number of carbonyl (C=O) groups is 1. The fraction of sp³-hybridized carbons (Fsp3) is 0.941. The minimum absolute atomic E-state index is 0.417. The topological polar surface area (TPSA) is 20.3 Å². The molecule has 1 atom stereocenters. The number of piperidine rings is 1. The van der Waals surface area contributed by atoms with Gasteiger partial charge in [0.05, 0.1) is 0 Å². The Morgan fingerprint density at radius 1 is 1.00 bits per heavy atom. The number of carbonyl (C=O) groups excluding carboxylic acids is 1. The van der Waals surface area contributed by atoms with E-state index < -0.39 is 0 Å². The maximum Gasteiger partial charge on any atom is 0.222 e. The van der Waals surface area contributed by atoms with Crippen molar-refractivity contribution in [1.29, 1.82) is 0 Å². The standard InChI is InChI=1S/C17H33NO/c1-3-5-6-7-8-9-10-14-17(19)18-15-12-11-13-16(18)4-2/h16H,3-15H2,1-2H3/t16-/m1/s1. The molecule has 2 heteroatoms. The molecule has 0 N–H and O–H groups in total.